The first-order valence-electron chi connectivity index (χ1n) is 7.39. The minimum absolute atomic E-state index is 0.0959. The third-order valence-electron chi connectivity index (χ3n) is 3.38. The van der Waals surface area contributed by atoms with Crippen molar-refractivity contribution in [2.45, 2.75) is 51.6 Å². The molecule has 0 aromatic carbocycles. The summed E-state index contributed by atoms with van der Waals surface area (Å²) in [7, 11) is 0. The fourth-order valence-electron chi connectivity index (χ4n) is 2.36. The van der Waals surface area contributed by atoms with E-state index in [9.17, 15) is 14.4 Å². The Bertz CT molecular complexity index is 386. The number of hydrogen-bond acceptors (Lipinski definition) is 6. The zero-order chi connectivity index (χ0) is 15.8. The third-order valence-corrected chi connectivity index (χ3v) is 3.38. The second-order valence-corrected chi connectivity index (χ2v) is 4.89. The van der Waals surface area contributed by atoms with Crippen LogP contribution in [0.1, 0.15) is 39.5 Å². The zero-order valence-corrected chi connectivity index (χ0v) is 12.7. The van der Waals surface area contributed by atoms with Gasteiger partial charge in [0.1, 0.15) is 6.04 Å². The number of rotatable bonds is 7. The maximum atomic E-state index is 12.3. The molecule has 1 saturated heterocycles. The Morgan fingerprint density at radius 1 is 1.24 bits per heavy atom. The Morgan fingerprint density at radius 2 is 1.90 bits per heavy atom. The van der Waals surface area contributed by atoms with Crippen LogP contribution in [0.4, 0.5) is 0 Å². The molecule has 0 aliphatic carbocycles. The summed E-state index contributed by atoms with van der Waals surface area (Å²) in [4.78, 5) is 36.8. The highest BCUT2D eigenvalue weighted by molar-refractivity contribution is 5.88. The van der Waals surface area contributed by atoms with E-state index in [1.165, 1.54) is 4.90 Å². The predicted molar refractivity (Wildman–Crippen MR) is 75.2 cm³/mol. The maximum absolute atomic E-state index is 12.3. The number of carbonyl (C=O) groups excluding carboxylic acids is 3. The van der Waals surface area contributed by atoms with Gasteiger partial charge in [-0.05, 0) is 33.1 Å². The molecule has 0 saturated carbocycles. The van der Waals surface area contributed by atoms with E-state index in [2.05, 4.69) is 0 Å². The molecular weight excluding hydrogens is 276 g/mol. The predicted octanol–water partition coefficient (Wildman–Crippen LogP) is 0.211. The molecule has 0 spiro atoms. The highest BCUT2D eigenvalue weighted by Gasteiger charge is 2.36. The molecular formula is C14H24N2O5. The highest BCUT2D eigenvalue weighted by Crippen LogP contribution is 2.20. The second-order valence-electron chi connectivity index (χ2n) is 4.89. The molecule has 0 radical (unpaired) electrons. The molecule has 1 fully saturated rings. The second kappa shape index (κ2) is 8.61. The van der Waals surface area contributed by atoms with Crippen molar-refractivity contribution in [2.24, 2.45) is 5.73 Å². The van der Waals surface area contributed by atoms with Crippen LogP contribution in [0.5, 0.6) is 0 Å². The van der Waals surface area contributed by atoms with E-state index < -0.39 is 12.1 Å². The number of hydrogen-bond donors (Lipinski definition) is 1. The van der Waals surface area contributed by atoms with Crippen molar-refractivity contribution in [2.75, 3.05) is 19.8 Å². The van der Waals surface area contributed by atoms with Crippen LogP contribution in [0.2, 0.25) is 0 Å². The van der Waals surface area contributed by atoms with Gasteiger partial charge in [-0.15, -0.1) is 0 Å². The molecule has 1 amide bonds. The standard InChI is InChI=1S/C14H24N2O5/c1-3-20-12(17)8-7-10(15)13(18)16-9-5-6-11(16)14(19)21-4-2/h10-11H,3-9,15H2,1-2H3/t10-,11-/m0/s1. The SMILES string of the molecule is CCOC(=O)CC[C@H](N)C(=O)N1CCC[C@H]1C(=O)OCC. The molecule has 0 unspecified atom stereocenters. The first kappa shape index (κ1) is 17.4. The fourth-order valence-corrected chi connectivity index (χ4v) is 2.36. The molecule has 0 bridgehead atoms. The van der Waals surface area contributed by atoms with Crippen molar-refractivity contribution < 1.29 is 23.9 Å². The van der Waals surface area contributed by atoms with Gasteiger partial charge in [0.05, 0.1) is 19.3 Å². The average molecular weight is 300 g/mol. The van der Waals surface area contributed by atoms with E-state index in [4.69, 9.17) is 15.2 Å². The first-order chi connectivity index (χ1) is 10.0. The largest absolute Gasteiger partial charge is 0.466 e. The zero-order valence-electron chi connectivity index (χ0n) is 12.7. The summed E-state index contributed by atoms with van der Waals surface area (Å²) in [6.45, 7) is 4.53. The monoisotopic (exact) mass is 300 g/mol. The number of nitrogens with two attached hydrogens (primary N) is 1. The van der Waals surface area contributed by atoms with Crippen LogP contribution in [0.3, 0.4) is 0 Å². The van der Waals surface area contributed by atoms with Crippen LogP contribution < -0.4 is 5.73 Å². The average Bonchev–Trinajstić information content (AvgIpc) is 2.94. The molecule has 7 heteroatoms. The van der Waals surface area contributed by atoms with Crippen LogP contribution in [-0.2, 0) is 23.9 Å². The Hall–Kier alpha value is -1.63. The lowest BCUT2D eigenvalue weighted by atomic mass is 10.1. The quantitative estimate of drug-likeness (QED) is 0.675. The van der Waals surface area contributed by atoms with E-state index in [0.717, 1.165) is 6.42 Å². The molecule has 0 aromatic heterocycles. The number of ether oxygens (including phenoxy) is 2. The van der Waals surface area contributed by atoms with Gasteiger partial charge < -0.3 is 20.1 Å². The number of amides is 1. The summed E-state index contributed by atoms with van der Waals surface area (Å²) in [6, 6.07) is -1.35. The van der Waals surface area contributed by atoms with Gasteiger partial charge in [0, 0.05) is 13.0 Å². The van der Waals surface area contributed by atoms with Crippen LogP contribution in [-0.4, -0.2) is 54.6 Å². The van der Waals surface area contributed by atoms with Gasteiger partial charge in [-0.3, -0.25) is 9.59 Å². The van der Waals surface area contributed by atoms with Gasteiger partial charge in [0.15, 0.2) is 0 Å². The molecule has 1 aliphatic heterocycles. The molecule has 7 nitrogen and oxygen atoms in total. The Balaban J connectivity index is 2.52. The highest BCUT2D eigenvalue weighted by atomic mass is 16.5. The van der Waals surface area contributed by atoms with Crippen LogP contribution in [0, 0.1) is 0 Å². The smallest absolute Gasteiger partial charge is 0.328 e. The molecule has 2 N–H and O–H groups in total. The van der Waals surface area contributed by atoms with E-state index in [0.29, 0.717) is 19.6 Å². The summed E-state index contributed by atoms with van der Waals surface area (Å²) >= 11 is 0. The maximum Gasteiger partial charge on any atom is 0.328 e. The number of esters is 2. The van der Waals surface area contributed by atoms with Crippen LogP contribution >= 0.6 is 0 Å². The Morgan fingerprint density at radius 3 is 2.52 bits per heavy atom. The van der Waals surface area contributed by atoms with Gasteiger partial charge in [0.2, 0.25) is 5.91 Å². The van der Waals surface area contributed by atoms with Crippen LogP contribution in [0.25, 0.3) is 0 Å². The molecule has 120 valence electrons. The van der Waals surface area contributed by atoms with Gasteiger partial charge >= 0.3 is 11.9 Å². The minimum Gasteiger partial charge on any atom is -0.466 e. The van der Waals surface area contributed by atoms with Gasteiger partial charge in [-0.25, -0.2) is 4.79 Å². The fraction of sp³-hybridized carbons (Fsp3) is 0.786. The van der Waals surface area contributed by atoms with Crippen molar-refractivity contribution in [1.82, 2.24) is 4.90 Å². The third kappa shape index (κ3) is 5.00. The molecule has 1 rings (SSSR count). The summed E-state index contributed by atoms with van der Waals surface area (Å²) in [6.07, 6.45) is 1.65. The lowest BCUT2D eigenvalue weighted by molar-refractivity contribution is -0.153. The van der Waals surface area contributed by atoms with Crippen molar-refractivity contribution in [3.8, 4) is 0 Å². The molecule has 1 heterocycles. The van der Waals surface area contributed by atoms with E-state index >= 15 is 0 Å². The number of likely N-dealkylation sites (tertiary alicyclic amines) is 1. The minimum atomic E-state index is -0.801. The first-order valence-corrected chi connectivity index (χ1v) is 7.39. The van der Waals surface area contributed by atoms with E-state index in [-0.39, 0.29) is 37.3 Å². The van der Waals surface area contributed by atoms with E-state index in [1.54, 1.807) is 13.8 Å². The number of carbonyl (C=O) groups is 3. The van der Waals surface area contributed by atoms with Crippen LogP contribution in [0.15, 0.2) is 0 Å². The molecule has 0 aromatic rings. The summed E-state index contributed by atoms with van der Waals surface area (Å²) < 4.78 is 9.76. The Kier molecular flexibility index (Phi) is 7.14. The van der Waals surface area contributed by atoms with Crippen molar-refractivity contribution in [3.63, 3.8) is 0 Å². The summed E-state index contributed by atoms with van der Waals surface area (Å²) in [5.74, 6) is -1.07. The van der Waals surface area contributed by atoms with E-state index in [1.807, 2.05) is 0 Å². The summed E-state index contributed by atoms with van der Waals surface area (Å²) in [5.41, 5.74) is 5.83. The van der Waals surface area contributed by atoms with Gasteiger partial charge in [0.25, 0.3) is 0 Å². The Labute approximate surface area is 124 Å². The van der Waals surface area contributed by atoms with Crippen molar-refractivity contribution in [1.29, 1.82) is 0 Å². The van der Waals surface area contributed by atoms with Crippen molar-refractivity contribution in [3.05, 3.63) is 0 Å². The normalized spacial score (nSPS) is 19.2. The van der Waals surface area contributed by atoms with Gasteiger partial charge in [-0.2, -0.15) is 0 Å². The van der Waals surface area contributed by atoms with Crippen molar-refractivity contribution >= 4 is 17.8 Å². The number of nitrogens with zero attached hydrogens (tertiary/aromatic N) is 1. The molecule has 1 aliphatic rings. The lowest BCUT2D eigenvalue weighted by Crippen LogP contribution is -2.49. The lowest BCUT2D eigenvalue weighted by Gasteiger charge is -2.25. The van der Waals surface area contributed by atoms with Gasteiger partial charge in [-0.1, -0.05) is 0 Å². The molecule has 21 heavy (non-hydrogen) atoms. The summed E-state index contributed by atoms with van der Waals surface area (Å²) in [5, 5.41) is 0. The molecule has 2 atom stereocenters. The topological polar surface area (TPSA) is 98.9 Å².